The first-order valence-corrected chi connectivity index (χ1v) is 9.71. The number of amides is 1. The predicted octanol–water partition coefficient (Wildman–Crippen LogP) is 3.73. The van der Waals surface area contributed by atoms with E-state index in [1.807, 2.05) is 35.2 Å². The van der Waals surface area contributed by atoms with Crippen molar-refractivity contribution >= 4 is 29.3 Å². The molecule has 0 aliphatic carbocycles. The van der Waals surface area contributed by atoms with Crippen molar-refractivity contribution in [3.8, 4) is 17.2 Å². The lowest BCUT2D eigenvalue weighted by molar-refractivity contribution is -0.126. The Labute approximate surface area is 176 Å². The van der Waals surface area contributed by atoms with E-state index >= 15 is 0 Å². The van der Waals surface area contributed by atoms with Gasteiger partial charge < -0.3 is 24.0 Å². The zero-order valence-corrected chi connectivity index (χ0v) is 17.6. The first kappa shape index (κ1) is 20.9. The first-order valence-electron chi connectivity index (χ1n) is 9.34. The van der Waals surface area contributed by atoms with Gasteiger partial charge in [0.25, 0.3) is 0 Å². The fraction of sp³-hybridized carbons (Fsp3) is 0.318. The van der Waals surface area contributed by atoms with Crippen LogP contribution < -0.4 is 19.1 Å². The van der Waals surface area contributed by atoms with Crippen LogP contribution in [0.1, 0.15) is 5.56 Å². The van der Waals surface area contributed by atoms with Gasteiger partial charge in [-0.1, -0.05) is 17.7 Å². The summed E-state index contributed by atoms with van der Waals surface area (Å²) < 4.78 is 16.1. The monoisotopic (exact) mass is 416 g/mol. The lowest BCUT2D eigenvalue weighted by atomic mass is 10.1. The highest BCUT2D eigenvalue weighted by atomic mass is 35.5. The molecule has 0 atom stereocenters. The van der Waals surface area contributed by atoms with Crippen molar-refractivity contribution in [2.24, 2.45) is 0 Å². The van der Waals surface area contributed by atoms with Crippen LogP contribution >= 0.6 is 11.6 Å². The standard InChI is InChI=1S/C22H25ClN2O4/c1-27-19-9-7-16(21(28-2)22(19)29-3)8-10-20(26)25-13-11-24(12-14-25)18-6-4-5-17(23)15-18/h4-10,15H,11-14H2,1-3H3/b10-8+. The van der Waals surface area contributed by atoms with E-state index in [0.29, 0.717) is 35.4 Å². The smallest absolute Gasteiger partial charge is 0.246 e. The molecule has 0 aromatic heterocycles. The quantitative estimate of drug-likeness (QED) is 0.671. The molecule has 0 radical (unpaired) electrons. The second-order valence-electron chi connectivity index (χ2n) is 6.55. The maximum atomic E-state index is 12.6. The summed E-state index contributed by atoms with van der Waals surface area (Å²) >= 11 is 6.08. The summed E-state index contributed by atoms with van der Waals surface area (Å²) in [7, 11) is 4.68. The molecule has 2 aromatic rings. The molecule has 1 saturated heterocycles. The Morgan fingerprint density at radius 1 is 0.966 bits per heavy atom. The van der Waals surface area contributed by atoms with Crippen molar-refractivity contribution in [3.63, 3.8) is 0 Å². The van der Waals surface area contributed by atoms with Crippen LogP contribution in [0.2, 0.25) is 5.02 Å². The molecule has 1 heterocycles. The third-order valence-electron chi connectivity index (χ3n) is 4.90. The van der Waals surface area contributed by atoms with E-state index in [0.717, 1.165) is 24.3 Å². The molecule has 1 amide bonds. The van der Waals surface area contributed by atoms with Crippen molar-refractivity contribution in [1.29, 1.82) is 0 Å². The lowest BCUT2D eigenvalue weighted by Gasteiger charge is -2.35. The fourth-order valence-corrected chi connectivity index (χ4v) is 3.56. The van der Waals surface area contributed by atoms with Gasteiger partial charge in [-0.15, -0.1) is 0 Å². The van der Waals surface area contributed by atoms with E-state index in [1.165, 1.54) is 0 Å². The van der Waals surface area contributed by atoms with Gasteiger partial charge in [0.15, 0.2) is 11.5 Å². The van der Waals surface area contributed by atoms with Crippen molar-refractivity contribution in [3.05, 3.63) is 53.1 Å². The van der Waals surface area contributed by atoms with Crippen LogP contribution in [0.15, 0.2) is 42.5 Å². The summed E-state index contributed by atoms with van der Waals surface area (Å²) in [5.41, 5.74) is 1.83. The molecule has 6 nitrogen and oxygen atoms in total. The molecule has 0 saturated carbocycles. The number of hydrogen-bond acceptors (Lipinski definition) is 5. The molecule has 7 heteroatoms. The summed E-state index contributed by atoms with van der Waals surface area (Å²) in [4.78, 5) is 16.7. The van der Waals surface area contributed by atoms with Gasteiger partial charge in [0.2, 0.25) is 11.7 Å². The molecule has 1 aliphatic rings. The number of ether oxygens (including phenoxy) is 3. The topological polar surface area (TPSA) is 51.2 Å². The van der Waals surface area contributed by atoms with Gasteiger partial charge in [-0.3, -0.25) is 4.79 Å². The maximum absolute atomic E-state index is 12.6. The van der Waals surface area contributed by atoms with Crippen LogP contribution in [0, 0.1) is 0 Å². The minimum atomic E-state index is -0.0346. The third kappa shape index (κ3) is 4.77. The van der Waals surface area contributed by atoms with E-state index < -0.39 is 0 Å². The van der Waals surface area contributed by atoms with Crippen LogP contribution in [0.4, 0.5) is 5.69 Å². The van der Waals surface area contributed by atoms with Crippen LogP contribution in [0.3, 0.4) is 0 Å². The minimum Gasteiger partial charge on any atom is -0.493 e. The number of hydrogen-bond donors (Lipinski definition) is 0. The first-order chi connectivity index (χ1) is 14.1. The Bertz CT molecular complexity index is 892. The normalized spacial score (nSPS) is 14.2. The molecule has 3 rings (SSSR count). The molecule has 0 unspecified atom stereocenters. The molecular weight excluding hydrogens is 392 g/mol. The van der Waals surface area contributed by atoms with E-state index in [9.17, 15) is 4.79 Å². The molecular formula is C22H25ClN2O4. The van der Waals surface area contributed by atoms with Crippen molar-refractivity contribution in [1.82, 2.24) is 4.90 Å². The Balaban J connectivity index is 1.66. The largest absolute Gasteiger partial charge is 0.493 e. The van der Waals surface area contributed by atoms with Crippen molar-refractivity contribution in [2.75, 3.05) is 52.4 Å². The molecule has 0 N–H and O–H groups in total. The summed E-state index contributed by atoms with van der Waals surface area (Å²) in [5.74, 6) is 1.57. The highest BCUT2D eigenvalue weighted by Crippen LogP contribution is 2.40. The van der Waals surface area contributed by atoms with Gasteiger partial charge in [-0.25, -0.2) is 0 Å². The zero-order chi connectivity index (χ0) is 20.8. The number of benzene rings is 2. The van der Waals surface area contributed by atoms with Gasteiger partial charge in [-0.2, -0.15) is 0 Å². The van der Waals surface area contributed by atoms with Crippen LogP contribution in [-0.2, 0) is 4.79 Å². The number of nitrogens with zero attached hydrogens (tertiary/aromatic N) is 2. The zero-order valence-electron chi connectivity index (χ0n) is 16.9. The molecule has 154 valence electrons. The van der Waals surface area contributed by atoms with Gasteiger partial charge in [-0.05, 0) is 36.4 Å². The van der Waals surface area contributed by atoms with Gasteiger partial charge in [0, 0.05) is 48.5 Å². The number of piperazine rings is 1. The van der Waals surface area contributed by atoms with Gasteiger partial charge in [0.1, 0.15) is 0 Å². The summed E-state index contributed by atoms with van der Waals surface area (Å²) in [6.45, 7) is 2.83. The fourth-order valence-electron chi connectivity index (χ4n) is 3.38. The lowest BCUT2D eigenvalue weighted by Crippen LogP contribution is -2.48. The van der Waals surface area contributed by atoms with Gasteiger partial charge >= 0.3 is 0 Å². The number of rotatable bonds is 6. The van der Waals surface area contributed by atoms with E-state index in [2.05, 4.69) is 4.90 Å². The van der Waals surface area contributed by atoms with Crippen LogP contribution in [0.25, 0.3) is 6.08 Å². The van der Waals surface area contributed by atoms with Crippen molar-refractivity contribution < 1.29 is 19.0 Å². The molecule has 0 spiro atoms. The highest BCUT2D eigenvalue weighted by molar-refractivity contribution is 6.30. The average Bonchev–Trinajstić information content (AvgIpc) is 2.76. The average molecular weight is 417 g/mol. The van der Waals surface area contributed by atoms with E-state index in [-0.39, 0.29) is 5.91 Å². The molecule has 1 fully saturated rings. The molecule has 1 aliphatic heterocycles. The SMILES string of the molecule is COc1ccc(/C=C/C(=O)N2CCN(c3cccc(Cl)c3)CC2)c(OC)c1OC. The second kappa shape index (κ2) is 9.56. The molecule has 0 bridgehead atoms. The second-order valence-corrected chi connectivity index (χ2v) is 6.99. The summed E-state index contributed by atoms with van der Waals surface area (Å²) in [6, 6.07) is 11.4. The number of carbonyl (C=O) groups is 1. The Kier molecular flexibility index (Phi) is 6.88. The molecule has 2 aromatic carbocycles. The number of carbonyl (C=O) groups excluding carboxylic acids is 1. The van der Waals surface area contributed by atoms with Crippen LogP contribution in [0.5, 0.6) is 17.2 Å². The van der Waals surface area contributed by atoms with E-state index in [1.54, 1.807) is 39.5 Å². The number of methoxy groups -OCH3 is 3. The Morgan fingerprint density at radius 3 is 2.31 bits per heavy atom. The Hall–Kier alpha value is -2.86. The van der Waals surface area contributed by atoms with Crippen LogP contribution in [-0.4, -0.2) is 58.3 Å². The minimum absolute atomic E-state index is 0.0346. The van der Waals surface area contributed by atoms with Gasteiger partial charge in [0.05, 0.1) is 21.3 Å². The summed E-state index contributed by atoms with van der Waals surface area (Å²) in [6.07, 6.45) is 3.31. The summed E-state index contributed by atoms with van der Waals surface area (Å²) in [5, 5.41) is 0.716. The highest BCUT2D eigenvalue weighted by Gasteiger charge is 2.20. The van der Waals surface area contributed by atoms with E-state index in [4.69, 9.17) is 25.8 Å². The number of anilines is 1. The third-order valence-corrected chi connectivity index (χ3v) is 5.14. The van der Waals surface area contributed by atoms with Crippen molar-refractivity contribution in [2.45, 2.75) is 0 Å². The maximum Gasteiger partial charge on any atom is 0.246 e. The predicted molar refractivity (Wildman–Crippen MR) is 115 cm³/mol. The molecule has 29 heavy (non-hydrogen) atoms. The number of halogens is 1. The Morgan fingerprint density at radius 2 is 1.69 bits per heavy atom.